The fourth-order valence-corrected chi connectivity index (χ4v) is 2.52. The van der Waals surface area contributed by atoms with Crippen LogP contribution in [-0.4, -0.2) is 30.5 Å². The average Bonchev–Trinajstić information content (AvgIpc) is 2.77. The second-order valence-electron chi connectivity index (χ2n) is 6.12. The van der Waals surface area contributed by atoms with Crippen LogP contribution in [0.2, 0.25) is 0 Å². The average molecular weight is 409 g/mol. The number of anilines is 3. The van der Waals surface area contributed by atoms with Crippen LogP contribution in [-0.2, 0) is 4.79 Å². The largest absolute Gasteiger partial charge is 0.497 e. The van der Waals surface area contributed by atoms with Crippen molar-refractivity contribution in [2.24, 2.45) is 0 Å². The second kappa shape index (κ2) is 9.87. The van der Waals surface area contributed by atoms with E-state index in [9.17, 15) is 14.0 Å². The van der Waals surface area contributed by atoms with Gasteiger partial charge in [0.25, 0.3) is 11.8 Å². The van der Waals surface area contributed by atoms with E-state index in [1.807, 2.05) is 0 Å². The number of hydrazine groups is 1. The van der Waals surface area contributed by atoms with Crippen LogP contribution < -0.4 is 26.2 Å². The number of hydrogen-bond acceptors (Lipinski definition) is 6. The summed E-state index contributed by atoms with van der Waals surface area (Å²) >= 11 is 0. The van der Waals surface area contributed by atoms with Gasteiger partial charge in [-0.15, -0.1) is 0 Å². The monoisotopic (exact) mass is 409 g/mol. The lowest BCUT2D eigenvalue weighted by Gasteiger charge is -2.12. The number of halogens is 1. The number of nitrogens with zero attached hydrogens (tertiary/aromatic N) is 1. The highest BCUT2D eigenvalue weighted by Crippen LogP contribution is 2.19. The summed E-state index contributed by atoms with van der Waals surface area (Å²) in [5, 5.41) is 5.82. The second-order valence-corrected chi connectivity index (χ2v) is 6.12. The first-order valence-corrected chi connectivity index (χ1v) is 9.00. The molecule has 8 nitrogen and oxygen atoms in total. The van der Waals surface area contributed by atoms with Crippen LogP contribution in [0.5, 0.6) is 5.75 Å². The van der Waals surface area contributed by atoms with Gasteiger partial charge in [0.2, 0.25) is 0 Å². The normalized spacial score (nSPS) is 10.1. The maximum atomic E-state index is 13.4. The molecular formula is C21H20FN5O3. The van der Waals surface area contributed by atoms with Crippen molar-refractivity contribution in [3.63, 3.8) is 0 Å². The molecule has 154 valence electrons. The Morgan fingerprint density at radius 2 is 1.80 bits per heavy atom. The molecule has 0 atom stereocenters. The Bertz CT molecular complexity index is 1030. The molecule has 0 saturated heterocycles. The maximum Gasteiger partial charge on any atom is 0.273 e. The van der Waals surface area contributed by atoms with Gasteiger partial charge >= 0.3 is 0 Å². The van der Waals surface area contributed by atoms with Crippen LogP contribution in [0.4, 0.5) is 21.6 Å². The Kier molecular flexibility index (Phi) is 6.78. The SMILES string of the molecule is COc1ccc(NCC(=O)NNC(=O)c2cccnc2Nc2cccc(F)c2)cc1. The minimum atomic E-state index is -0.570. The van der Waals surface area contributed by atoms with Gasteiger partial charge in [0, 0.05) is 17.6 Å². The summed E-state index contributed by atoms with van der Waals surface area (Å²) in [4.78, 5) is 28.6. The van der Waals surface area contributed by atoms with Crippen molar-refractivity contribution in [1.29, 1.82) is 0 Å². The first kappa shape index (κ1) is 20.6. The number of carbonyl (C=O) groups is 2. The van der Waals surface area contributed by atoms with Gasteiger partial charge in [-0.1, -0.05) is 6.07 Å². The standard InChI is InChI=1S/C21H20FN5O3/c1-30-17-9-7-15(8-10-17)24-13-19(28)26-27-21(29)18-6-3-11-23-20(18)25-16-5-2-4-14(22)12-16/h2-12,24H,13H2,1H3,(H,23,25)(H,26,28)(H,27,29). The number of ether oxygens (including phenoxy) is 1. The number of pyridine rings is 1. The minimum Gasteiger partial charge on any atom is -0.497 e. The number of rotatable bonds is 7. The van der Waals surface area contributed by atoms with Gasteiger partial charge in [-0.05, 0) is 54.6 Å². The third-order valence-corrected chi connectivity index (χ3v) is 4.00. The minimum absolute atomic E-state index is 0.0476. The summed E-state index contributed by atoms with van der Waals surface area (Å²) in [6.07, 6.45) is 1.50. The molecule has 0 radical (unpaired) electrons. The van der Waals surface area contributed by atoms with Crippen LogP contribution in [0.15, 0.2) is 66.9 Å². The summed E-state index contributed by atoms with van der Waals surface area (Å²) < 4.78 is 18.4. The fraction of sp³-hybridized carbons (Fsp3) is 0.0952. The van der Waals surface area contributed by atoms with Crippen LogP contribution in [0, 0.1) is 5.82 Å². The molecule has 1 heterocycles. The number of aromatic nitrogens is 1. The number of hydrogen-bond donors (Lipinski definition) is 4. The number of nitrogens with one attached hydrogen (secondary N) is 4. The van der Waals surface area contributed by atoms with Crippen LogP contribution in [0.25, 0.3) is 0 Å². The lowest BCUT2D eigenvalue weighted by molar-refractivity contribution is -0.120. The van der Waals surface area contributed by atoms with Gasteiger partial charge in [-0.2, -0.15) is 0 Å². The summed E-state index contributed by atoms with van der Waals surface area (Å²) in [7, 11) is 1.57. The fourth-order valence-electron chi connectivity index (χ4n) is 2.52. The van der Waals surface area contributed by atoms with Gasteiger partial charge in [0.1, 0.15) is 17.4 Å². The van der Waals surface area contributed by atoms with Crippen molar-refractivity contribution in [3.8, 4) is 5.75 Å². The van der Waals surface area contributed by atoms with E-state index in [0.717, 1.165) is 5.69 Å². The number of methoxy groups -OCH3 is 1. The van der Waals surface area contributed by atoms with Crippen molar-refractivity contribution in [2.45, 2.75) is 0 Å². The topological polar surface area (TPSA) is 104 Å². The van der Waals surface area contributed by atoms with Crippen molar-refractivity contribution in [1.82, 2.24) is 15.8 Å². The molecule has 3 rings (SSSR count). The van der Waals surface area contributed by atoms with E-state index < -0.39 is 17.6 Å². The van der Waals surface area contributed by atoms with Crippen molar-refractivity contribution in [3.05, 3.63) is 78.2 Å². The van der Waals surface area contributed by atoms with Crippen LogP contribution >= 0.6 is 0 Å². The van der Waals surface area contributed by atoms with Gasteiger partial charge in [0.05, 0.1) is 19.2 Å². The number of carbonyl (C=O) groups excluding carboxylic acids is 2. The van der Waals surface area contributed by atoms with E-state index in [2.05, 4.69) is 26.5 Å². The molecular weight excluding hydrogens is 389 g/mol. The van der Waals surface area contributed by atoms with Gasteiger partial charge in [-0.3, -0.25) is 20.4 Å². The lowest BCUT2D eigenvalue weighted by Crippen LogP contribution is -2.44. The van der Waals surface area contributed by atoms with Gasteiger partial charge < -0.3 is 15.4 Å². The van der Waals surface area contributed by atoms with E-state index in [0.29, 0.717) is 11.4 Å². The number of benzene rings is 2. The molecule has 0 fully saturated rings. The Hall–Kier alpha value is -4.14. The van der Waals surface area contributed by atoms with Crippen LogP contribution in [0.3, 0.4) is 0 Å². The Morgan fingerprint density at radius 1 is 1.00 bits per heavy atom. The summed E-state index contributed by atoms with van der Waals surface area (Å²) in [6.45, 7) is -0.0476. The van der Waals surface area contributed by atoms with E-state index in [1.165, 1.54) is 30.5 Å². The quantitative estimate of drug-likeness (QED) is 0.448. The molecule has 0 unspecified atom stereocenters. The van der Waals surface area contributed by atoms with Gasteiger partial charge in [-0.25, -0.2) is 9.37 Å². The molecule has 0 saturated carbocycles. The first-order valence-electron chi connectivity index (χ1n) is 9.00. The highest BCUT2D eigenvalue weighted by molar-refractivity contribution is 6.00. The highest BCUT2D eigenvalue weighted by Gasteiger charge is 2.13. The smallest absolute Gasteiger partial charge is 0.273 e. The third-order valence-electron chi connectivity index (χ3n) is 4.00. The van der Waals surface area contributed by atoms with Gasteiger partial charge in [0.15, 0.2) is 0 Å². The number of amides is 2. The summed E-state index contributed by atoms with van der Waals surface area (Å²) in [6, 6.07) is 16.0. The zero-order valence-corrected chi connectivity index (χ0v) is 16.1. The molecule has 3 aromatic rings. The highest BCUT2D eigenvalue weighted by atomic mass is 19.1. The predicted octanol–water partition coefficient (Wildman–Crippen LogP) is 2.85. The Balaban J connectivity index is 1.54. The Labute approximate surface area is 172 Å². The van der Waals surface area contributed by atoms with Crippen molar-refractivity contribution >= 4 is 29.0 Å². The predicted molar refractivity (Wildman–Crippen MR) is 111 cm³/mol. The lowest BCUT2D eigenvalue weighted by atomic mass is 10.2. The van der Waals surface area contributed by atoms with E-state index >= 15 is 0 Å². The van der Waals surface area contributed by atoms with Crippen molar-refractivity contribution < 1.29 is 18.7 Å². The molecule has 2 amide bonds. The molecule has 30 heavy (non-hydrogen) atoms. The van der Waals surface area contributed by atoms with E-state index in [-0.39, 0.29) is 17.9 Å². The molecule has 9 heteroatoms. The summed E-state index contributed by atoms with van der Waals surface area (Å²) in [5.41, 5.74) is 6.02. The molecule has 4 N–H and O–H groups in total. The Morgan fingerprint density at radius 3 is 2.53 bits per heavy atom. The zero-order valence-electron chi connectivity index (χ0n) is 16.1. The molecule has 2 aromatic carbocycles. The summed E-state index contributed by atoms with van der Waals surface area (Å²) in [5.74, 6) is -0.497. The molecule has 0 aliphatic rings. The first-order chi connectivity index (χ1) is 14.5. The third kappa shape index (κ3) is 5.68. The van der Waals surface area contributed by atoms with E-state index in [1.54, 1.807) is 43.5 Å². The van der Waals surface area contributed by atoms with E-state index in [4.69, 9.17) is 4.74 Å². The maximum absolute atomic E-state index is 13.4. The molecule has 0 aliphatic carbocycles. The molecule has 0 aliphatic heterocycles. The zero-order chi connectivity index (χ0) is 21.3. The molecule has 0 bridgehead atoms. The molecule has 0 spiro atoms. The van der Waals surface area contributed by atoms with Crippen molar-refractivity contribution in [2.75, 3.05) is 24.3 Å². The van der Waals surface area contributed by atoms with Crippen LogP contribution in [0.1, 0.15) is 10.4 Å². The molecule has 1 aromatic heterocycles.